The summed E-state index contributed by atoms with van der Waals surface area (Å²) in [6, 6.07) is 63.3. The van der Waals surface area contributed by atoms with Crippen molar-refractivity contribution >= 4 is 60.9 Å². The van der Waals surface area contributed by atoms with Gasteiger partial charge in [0.05, 0.1) is 16.8 Å². The minimum absolute atomic E-state index is 0.563. The Kier molecular flexibility index (Phi) is 6.78. The molecule has 2 heterocycles. The van der Waals surface area contributed by atoms with E-state index in [9.17, 15) is 0 Å². The number of rotatable bonds is 6. The molecule has 0 atom stereocenters. The van der Waals surface area contributed by atoms with E-state index in [-0.39, 0.29) is 0 Å². The maximum atomic E-state index is 6.73. The molecule has 0 unspecified atom stereocenters. The van der Waals surface area contributed by atoms with Crippen molar-refractivity contribution in [1.29, 1.82) is 0 Å². The van der Waals surface area contributed by atoms with E-state index in [0.29, 0.717) is 11.5 Å². The van der Waals surface area contributed by atoms with E-state index >= 15 is 0 Å². The summed E-state index contributed by atoms with van der Waals surface area (Å²) in [5, 5.41) is 4.37. The van der Waals surface area contributed by atoms with E-state index in [1.165, 1.54) is 16.3 Å². The number of benzene rings is 8. The van der Waals surface area contributed by atoms with Gasteiger partial charge >= 0.3 is 0 Å². The Morgan fingerprint density at radius 2 is 1.10 bits per heavy atom. The van der Waals surface area contributed by atoms with E-state index in [4.69, 9.17) is 13.8 Å². The third kappa shape index (κ3) is 4.96. The van der Waals surface area contributed by atoms with Gasteiger partial charge in [-0.2, -0.15) is 0 Å². The molecule has 0 amide bonds. The molecule has 10 aromatic rings. The highest BCUT2D eigenvalue weighted by atomic mass is 16.4. The minimum Gasteiger partial charge on any atom is -0.456 e. The third-order valence-electron chi connectivity index (χ3n) is 9.69. The fraction of sp³-hybridized carbons (Fsp3) is 0. The van der Waals surface area contributed by atoms with Crippen molar-refractivity contribution in [2.45, 2.75) is 0 Å². The number of oxazole rings is 1. The molecule has 0 saturated heterocycles. The lowest BCUT2D eigenvalue weighted by Gasteiger charge is -2.28. The number of nitrogens with zero attached hydrogens (tertiary/aromatic N) is 2. The zero-order valence-corrected chi connectivity index (χ0v) is 27.5. The van der Waals surface area contributed by atoms with Crippen LogP contribution < -0.4 is 4.90 Å². The molecule has 10 rings (SSSR count). The topological polar surface area (TPSA) is 42.4 Å². The second-order valence-corrected chi connectivity index (χ2v) is 12.8. The Labute approximate surface area is 294 Å². The van der Waals surface area contributed by atoms with E-state index in [1.807, 2.05) is 48.5 Å². The van der Waals surface area contributed by atoms with Crippen LogP contribution in [-0.2, 0) is 0 Å². The standard InChI is InChI=1S/C47H30N2O2/c1-3-14-33(15-4-1)38-19-9-11-21-40(38)49(37-27-25-32(26-28-37)36-24-23-31-13-7-8-18-35(31)29-36)41-30-43-44(39-20-10-12-22-42(39)50-43)46-45(41)48-47(51-46)34-16-5-2-6-17-34/h1-30H. The van der Waals surface area contributed by atoms with Crippen LogP contribution in [0.4, 0.5) is 17.1 Å². The predicted octanol–water partition coefficient (Wildman–Crippen LogP) is 13.4. The van der Waals surface area contributed by atoms with Crippen LogP contribution in [0.25, 0.3) is 77.5 Å². The lowest BCUT2D eigenvalue weighted by Crippen LogP contribution is -2.12. The van der Waals surface area contributed by atoms with Crippen molar-refractivity contribution in [3.8, 4) is 33.7 Å². The SMILES string of the molecule is c1ccc(-c2nc3c(N(c4ccc(-c5ccc6ccccc6c5)cc4)c4ccccc4-c4ccccc4)cc4oc5ccccc5c4c3o2)cc1. The van der Waals surface area contributed by atoms with E-state index in [0.717, 1.165) is 66.8 Å². The highest BCUT2D eigenvalue weighted by molar-refractivity contribution is 6.20. The molecule has 4 heteroatoms. The predicted molar refractivity (Wildman–Crippen MR) is 210 cm³/mol. The van der Waals surface area contributed by atoms with Gasteiger partial charge in [-0.1, -0.05) is 133 Å². The van der Waals surface area contributed by atoms with Crippen LogP contribution in [0.15, 0.2) is 191 Å². The number of fused-ring (bicyclic) bond motifs is 6. The maximum absolute atomic E-state index is 6.73. The minimum atomic E-state index is 0.563. The Bertz CT molecular complexity index is 2850. The Morgan fingerprint density at radius 3 is 1.92 bits per heavy atom. The number of hydrogen-bond acceptors (Lipinski definition) is 4. The highest BCUT2D eigenvalue weighted by Crippen LogP contribution is 2.47. The molecule has 0 aliphatic heterocycles. The summed E-state index contributed by atoms with van der Waals surface area (Å²) in [5.74, 6) is 0.563. The molecule has 0 aliphatic carbocycles. The highest BCUT2D eigenvalue weighted by Gasteiger charge is 2.26. The van der Waals surface area contributed by atoms with Gasteiger partial charge < -0.3 is 13.7 Å². The molecular formula is C47H30N2O2. The molecule has 0 fully saturated rings. The lowest BCUT2D eigenvalue weighted by molar-refractivity contribution is 0.622. The Morgan fingerprint density at radius 1 is 0.431 bits per heavy atom. The molecule has 240 valence electrons. The van der Waals surface area contributed by atoms with E-state index < -0.39 is 0 Å². The summed E-state index contributed by atoms with van der Waals surface area (Å²) in [5.41, 5.74) is 11.3. The van der Waals surface area contributed by atoms with Crippen molar-refractivity contribution in [3.05, 3.63) is 182 Å². The molecule has 0 aliphatic rings. The third-order valence-corrected chi connectivity index (χ3v) is 9.69. The molecule has 4 nitrogen and oxygen atoms in total. The number of para-hydroxylation sites is 2. The van der Waals surface area contributed by atoms with Gasteiger partial charge in [-0.3, -0.25) is 0 Å². The molecule has 0 radical (unpaired) electrons. The van der Waals surface area contributed by atoms with Crippen LogP contribution in [0, 0.1) is 0 Å². The second kappa shape index (κ2) is 11.9. The van der Waals surface area contributed by atoms with Crippen molar-refractivity contribution in [2.24, 2.45) is 0 Å². The maximum Gasteiger partial charge on any atom is 0.227 e. The largest absolute Gasteiger partial charge is 0.456 e. The Hall–Kier alpha value is -6.91. The first-order valence-corrected chi connectivity index (χ1v) is 17.1. The van der Waals surface area contributed by atoms with Gasteiger partial charge in [-0.05, 0) is 69.9 Å². The summed E-state index contributed by atoms with van der Waals surface area (Å²) in [6.07, 6.45) is 0. The summed E-state index contributed by atoms with van der Waals surface area (Å²) in [6.45, 7) is 0. The van der Waals surface area contributed by atoms with Crippen LogP contribution >= 0.6 is 0 Å². The van der Waals surface area contributed by atoms with Crippen LogP contribution in [0.2, 0.25) is 0 Å². The average Bonchev–Trinajstić information content (AvgIpc) is 3.81. The first kappa shape index (κ1) is 29.0. The quantitative estimate of drug-likeness (QED) is 0.179. The smallest absolute Gasteiger partial charge is 0.227 e. The zero-order chi connectivity index (χ0) is 33.7. The molecular weight excluding hydrogens is 625 g/mol. The molecule has 2 aromatic heterocycles. The first-order valence-electron chi connectivity index (χ1n) is 17.1. The molecule has 0 bridgehead atoms. The Balaban J connectivity index is 1.24. The van der Waals surface area contributed by atoms with Crippen LogP contribution in [-0.4, -0.2) is 4.98 Å². The normalized spacial score (nSPS) is 11.5. The summed E-state index contributed by atoms with van der Waals surface area (Å²) in [7, 11) is 0. The van der Waals surface area contributed by atoms with Crippen LogP contribution in [0.3, 0.4) is 0 Å². The van der Waals surface area contributed by atoms with Gasteiger partial charge in [-0.25, -0.2) is 4.98 Å². The zero-order valence-electron chi connectivity index (χ0n) is 27.5. The van der Waals surface area contributed by atoms with Crippen LogP contribution in [0.5, 0.6) is 0 Å². The van der Waals surface area contributed by atoms with E-state index in [1.54, 1.807) is 0 Å². The molecule has 8 aromatic carbocycles. The monoisotopic (exact) mass is 654 g/mol. The van der Waals surface area contributed by atoms with Crippen molar-refractivity contribution < 1.29 is 8.83 Å². The van der Waals surface area contributed by atoms with Crippen molar-refractivity contribution in [1.82, 2.24) is 4.98 Å². The van der Waals surface area contributed by atoms with Gasteiger partial charge in [0.25, 0.3) is 0 Å². The number of hydrogen-bond donors (Lipinski definition) is 0. The second-order valence-electron chi connectivity index (χ2n) is 12.8. The lowest BCUT2D eigenvalue weighted by atomic mass is 9.99. The number of furan rings is 1. The van der Waals surface area contributed by atoms with Crippen molar-refractivity contribution in [2.75, 3.05) is 4.90 Å². The summed E-state index contributed by atoms with van der Waals surface area (Å²) in [4.78, 5) is 7.53. The van der Waals surface area contributed by atoms with Gasteiger partial charge in [0.15, 0.2) is 5.58 Å². The number of anilines is 3. The van der Waals surface area contributed by atoms with Crippen molar-refractivity contribution in [3.63, 3.8) is 0 Å². The van der Waals surface area contributed by atoms with Gasteiger partial charge in [0.1, 0.15) is 16.7 Å². The molecule has 0 saturated carbocycles. The van der Waals surface area contributed by atoms with Crippen LogP contribution in [0.1, 0.15) is 0 Å². The van der Waals surface area contributed by atoms with Gasteiger partial charge in [-0.15, -0.1) is 0 Å². The van der Waals surface area contributed by atoms with Gasteiger partial charge in [0.2, 0.25) is 5.89 Å². The first-order chi connectivity index (χ1) is 25.3. The fourth-order valence-corrected chi connectivity index (χ4v) is 7.24. The molecule has 0 N–H and O–H groups in total. The number of aromatic nitrogens is 1. The van der Waals surface area contributed by atoms with Gasteiger partial charge in [0, 0.05) is 28.3 Å². The summed E-state index contributed by atoms with van der Waals surface area (Å²) < 4.78 is 13.3. The van der Waals surface area contributed by atoms with E-state index in [2.05, 4.69) is 138 Å². The fourth-order valence-electron chi connectivity index (χ4n) is 7.24. The molecule has 0 spiro atoms. The molecule has 51 heavy (non-hydrogen) atoms. The summed E-state index contributed by atoms with van der Waals surface area (Å²) >= 11 is 0. The average molecular weight is 655 g/mol.